The van der Waals surface area contributed by atoms with E-state index in [4.69, 9.17) is 18.9 Å². The number of ether oxygens (including phenoxy) is 4. The second kappa shape index (κ2) is 17.2. The first-order chi connectivity index (χ1) is 11.2. The molecular formula is C17H32O6. The van der Waals surface area contributed by atoms with Crippen LogP contribution in [0.15, 0.2) is 0 Å². The summed E-state index contributed by atoms with van der Waals surface area (Å²) in [5.74, 6) is -0.611. The Morgan fingerprint density at radius 1 is 0.609 bits per heavy atom. The predicted molar refractivity (Wildman–Crippen MR) is 87.2 cm³/mol. The van der Waals surface area contributed by atoms with E-state index in [1.807, 2.05) is 0 Å². The molecule has 0 saturated carbocycles. The minimum Gasteiger partial charge on any atom is -0.463 e. The highest BCUT2D eigenvalue weighted by atomic mass is 16.6. The van der Waals surface area contributed by atoms with Crippen molar-refractivity contribution < 1.29 is 28.5 Å². The summed E-state index contributed by atoms with van der Waals surface area (Å²) in [6.45, 7) is 6.95. The van der Waals surface area contributed by atoms with Crippen molar-refractivity contribution in [2.24, 2.45) is 0 Å². The van der Waals surface area contributed by atoms with Gasteiger partial charge in [-0.25, -0.2) is 0 Å². The SMILES string of the molecule is CCCCOCCOC(=O)CCCC(=O)OCCOCCCC. The fourth-order valence-electron chi connectivity index (χ4n) is 1.65. The Morgan fingerprint density at radius 2 is 1.04 bits per heavy atom. The molecule has 0 rings (SSSR count). The molecular weight excluding hydrogens is 300 g/mol. The van der Waals surface area contributed by atoms with Crippen LogP contribution in [0.4, 0.5) is 0 Å². The molecule has 0 heterocycles. The Hall–Kier alpha value is -1.14. The Balaban J connectivity index is 3.33. The molecule has 0 aromatic carbocycles. The van der Waals surface area contributed by atoms with E-state index in [0.717, 1.165) is 25.7 Å². The van der Waals surface area contributed by atoms with Gasteiger partial charge in [0, 0.05) is 26.1 Å². The molecule has 0 aliphatic rings. The number of unbranched alkanes of at least 4 members (excludes halogenated alkanes) is 2. The van der Waals surface area contributed by atoms with Gasteiger partial charge < -0.3 is 18.9 Å². The molecule has 0 atom stereocenters. The van der Waals surface area contributed by atoms with E-state index in [1.165, 1.54) is 0 Å². The number of hydrogen-bond acceptors (Lipinski definition) is 6. The summed E-state index contributed by atoms with van der Waals surface area (Å²) >= 11 is 0. The summed E-state index contributed by atoms with van der Waals surface area (Å²) in [6, 6.07) is 0. The average molecular weight is 332 g/mol. The fourth-order valence-corrected chi connectivity index (χ4v) is 1.65. The number of carbonyl (C=O) groups is 2. The lowest BCUT2D eigenvalue weighted by Gasteiger charge is -2.07. The Bertz CT molecular complexity index is 265. The van der Waals surface area contributed by atoms with Gasteiger partial charge in [0.05, 0.1) is 13.2 Å². The third-order valence-electron chi connectivity index (χ3n) is 3.03. The molecule has 0 aromatic rings. The Kier molecular flexibility index (Phi) is 16.4. The maximum atomic E-state index is 11.4. The molecule has 0 aliphatic heterocycles. The molecule has 0 bridgehead atoms. The summed E-state index contributed by atoms with van der Waals surface area (Å²) in [4.78, 5) is 22.8. The van der Waals surface area contributed by atoms with E-state index >= 15 is 0 Å². The minimum absolute atomic E-state index is 0.219. The highest BCUT2D eigenvalue weighted by molar-refractivity contribution is 5.72. The van der Waals surface area contributed by atoms with E-state index < -0.39 is 0 Å². The molecule has 136 valence electrons. The second-order valence-electron chi connectivity index (χ2n) is 5.23. The zero-order valence-electron chi connectivity index (χ0n) is 14.6. The van der Waals surface area contributed by atoms with Crippen molar-refractivity contribution in [3.63, 3.8) is 0 Å². The molecule has 0 aromatic heterocycles. The van der Waals surface area contributed by atoms with Crippen LogP contribution in [0.1, 0.15) is 58.8 Å². The summed E-state index contributed by atoms with van der Waals surface area (Å²) in [5.41, 5.74) is 0. The van der Waals surface area contributed by atoms with Gasteiger partial charge in [0.1, 0.15) is 13.2 Å². The summed E-state index contributed by atoms with van der Waals surface area (Å²) < 4.78 is 20.6. The molecule has 23 heavy (non-hydrogen) atoms. The zero-order valence-corrected chi connectivity index (χ0v) is 14.6. The molecule has 0 spiro atoms. The number of rotatable bonds is 16. The van der Waals surface area contributed by atoms with Gasteiger partial charge in [0.25, 0.3) is 0 Å². The van der Waals surface area contributed by atoms with Crippen LogP contribution in [0, 0.1) is 0 Å². The largest absolute Gasteiger partial charge is 0.463 e. The van der Waals surface area contributed by atoms with Crippen LogP contribution in [0.25, 0.3) is 0 Å². The van der Waals surface area contributed by atoms with Crippen molar-refractivity contribution >= 4 is 11.9 Å². The fraction of sp³-hybridized carbons (Fsp3) is 0.882. The van der Waals surface area contributed by atoms with Crippen LogP contribution >= 0.6 is 0 Å². The van der Waals surface area contributed by atoms with Gasteiger partial charge in [-0.05, 0) is 19.3 Å². The van der Waals surface area contributed by atoms with Gasteiger partial charge >= 0.3 is 11.9 Å². The molecule has 0 fully saturated rings. The predicted octanol–water partition coefficient (Wildman–Crippen LogP) is 2.88. The number of hydrogen-bond donors (Lipinski definition) is 0. The first-order valence-corrected chi connectivity index (χ1v) is 8.67. The van der Waals surface area contributed by atoms with Crippen molar-refractivity contribution in [1.29, 1.82) is 0 Å². The Labute approximate surface area is 139 Å². The minimum atomic E-state index is -0.306. The van der Waals surface area contributed by atoms with Crippen LogP contribution in [0.3, 0.4) is 0 Å². The lowest BCUT2D eigenvalue weighted by Crippen LogP contribution is -2.13. The van der Waals surface area contributed by atoms with E-state index in [2.05, 4.69) is 13.8 Å². The maximum absolute atomic E-state index is 11.4. The summed E-state index contributed by atoms with van der Waals surface area (Å²) in [5, 5.41) is 0. The van der Waals surface area contributed by atoms with Gasteiger partial charge in [-0.2, -0.15) is 0 Å². The van der Waals surface area contributed by atoms with E-state index in [1.54, 1.807) is 0 Å². The molecule has 6 nitrogen and oxygen atoms in total. The molecule has 0 aliphatic carbocycles. The smallest absolute Gasteiger partial charge is 0.305 e. The highest BCUT2D eigenvalue weighted by Gasteiger charge is 2.07. The third kappa shape index (κ3) is 17.1. The van der Waals surface area contributed by atoms with Crippen LogP contribution in [-0.2, 0) is 28.5 Å². The van der Waals surface area contributed by atoms with Gasteiger partial charge in [0.2, 0.25) is 0 Å². The Morgan fingerprint density at radius 3 is 1.43 bits per heavy atom. The molecule has 0 N–H and O–H groups in total. The monoisotopic (exact) mass is 332 g/mol. The van der Waals surface area contributed by atoms with Gasteiger partial charge in [-0.15, -0.1) is 0 Å². The van der Waals surface area contributed by atoms with Crippen LogP contribution in [0.2, 0.25) is 0 Å². The second-order valence-corrected chi connectivity index (χ2v) is 5.23. The molecule has 0 radical (unpaired) electrons. The van der Waals surface area contributed by atoms with Crippen molar-refractivity contribution in [3.8, 4) is 0 Å². The van der Waals surface area contributed by atoms with Crippen molar-refractivity contribution in [3.05, 3.63) is 0 Å². The maximum Gasteiger partial charge on any atom is 0.305 e. The first kappa shape index (κ1) is 21.9. The topological polar surface area (TPSA) is 71.1 Å². The van der Waals surface area contributed by atoms with Crippen LogP contribution in [-0.4, -0.2) is 51.6 Å². The van der Waals surface area contributed by atoms with E-state index in [-0.39, 0.29) is 38.0 Å². The lowest BCUT2D eigenvalue weighted by molar-refractivity contribution is -0.147. The van der Waals surface area contributed by atoms with Crippen molar-refractivity contribution in [2.45, 2.75) is 58.8 Å². The van der Waals surface area contributed by atoms with Gasteiger partial charge in [0.15, 0.2) is 0 Å². The number of carbonyl (C=O) groups excluding carboxylic acids is 2. The zero-order chi connectivity index (χ0) is 17.2. The molecule has 0 amide bonds. The van der Waals surface area contributed by atoms with Gasteiger partial charge in [-0.1, -0.05) is 26.7 Å². The van der Waals surface area contributed by atoms with Crippen LogP contribution in [0.5, 0.6) is 0 Å². The average Bonchev–Trinajstić information content (AvgIpc) is 2.54. The normalized spacial score (nSPS) is 10.5. The van der Waals surface area contributed by atoms with Crippen molar-refractivity contribution in [1.82, 2.24) is 0 Å². The van der Waals surface area contributed by atoms with Crippen LogP contribution < -0.4 is 0 Å². The summed E-state index contributed by atoms with van der Waals surface area (Å²) in [7, 11) is 0. The first-order valence-electron chi connectivity index (χ1n) is 8.67. The lowest BCUT2D eigenvalue weighted by atomic mass is 10.2. The van der Waals surface area contributed by atoms with Gasteiger partial charge in [-0.3, -0.25) is 9.59 Å². The standard InChI is InChI=1S/C17H32O6/c1-3-5-10-20-12-14-22-16(18)8-7-9-17(19)23-15-13-21-11-6-4-2/h3-15H2,1-2H3. The quantitative estimate of drug-likeness (QED) is 0.320. The third-order valence-corrected chi connectivity index (χ3v) is 3.03. The van der Waals surface area contributed by atoms with Crippen molar-refractivity contribution in [2.75, 3.05) is 39.6 Å². The molecule has 6 heteroatoms. The molecule has 0 unspecified atom stereocenters. The van der Waals surface area contributed by atoms with E-state index in [0.29, 0.717) is 32.8 Å². The number of esters is 2. The summed E-state index contributed by atoms with van der Waals surface area (Å²) in [6.07, 6.45) is 5.07. The highest BCUT2D eigenvalue weighted by Crippen LogP contribution is 2.00. The van der Waals surface area contributed by atoms with E-state index in [9.17, 15) is 9.59 Å². The molecule has 0 saturated heterocycles.